The normalized spacial score (nSPS) is 18.7. The minimum Gasteiger partial charge on any atom is -0.354 e. The van der Waals surface area contributed by atoms with Crippen molar-refractivity contribution in [2.45, 2.75) is 19.0 Å². The van der Waals surface area contributed by atoms with Crippen molar-refractivity contribution in [2.75, 3.05) is 23.5 Å². The Morgan fingerprint density at radius 3 is 2.76 bits per heavy atom. The average molecular weight is 361 g/mol. The molecule has 1 atom stereocenters. The van der Waals surface area contributed by atoms with Gasteiger partial charge in [-0.1, -0.05) is 6.07 Å². The van der Waals surface area contributed by atoms with E-state index in [9.17, 15) is 13.2 Å². The van der Waals surface area contributed by atoms with E-state index in [4.69, 9.17) is 0 Å². The van der Waals surface area contributed by atoms with E-state index in [0.29, 0.717) is 18.8 Å². The van der Waals surface area contributed by atoms with Crippen LogP contribution < -0.4 is 10.2 Å². The molecule has 1 unspecified atom stereocenters. The van der Waals surface area contributed by atoms with Crippen LogP contribution in [0.1, 0.15) is 22.5 Å². The average Bonchev–Trinajstić information content (AvgIpc) is 3.00. The van der Waals surface area contributed by atoms with Gasteiger partial charge >= 0.3 is 0 Å². The fourth-order valence-corrected chi connectivity index (χ4v) is 4.45. The number of carbonyl (C=O) groups excluding carboxylic acids is 1. The molecule has 1 N–H and O–H groups in total. The van der Waals surface area contributed by atoms with Crippen molar-refractivity contribution in [3.8, 4) is 0 Å². The van der Waals surface area contributed by atoms with Gasteiger partial charge in [-0.05, 0) is 30.2 Å². The maximum Gasteiger partial charge on any atom is 0.272 e. The second kappa shape index (κ2) is 7.14. The molecule has 132 valence electrons. The van der Waals surface area contributed by atoms with E-state index in [1.54, 1.807) is 42.5 Å². The quantitative estimate of drug-likeness (QED) is 0.823. The summed E-state index contributed by atoms with van der Waals surface area (Å²) < 4.78 is 23.2. The summed E-state index contributed by atoms with van der Waals surface area (Å²) in [4.78, 5) is 17.9. The summed E-state index contributed by atoms with van der Waals surface area (Å²) in [7, 11) is -1.17. The summed E-state index contributed by atoms with van der Waals surface area (Å²) in [5.74, 6) is 0.544. The van der Waals surface area contributed by atoms with Crippen molar-refractivity contribution >= 4 is 21.6 Å². The SMILES string of the molecule is CN(c1ccc(C(=O)NCc2cccnc2)nn1)C1CCS(=O)(=O)C1. The van der Waals surface area contributed by atoms with E-state index in [1.165, 1.54) is 0 Å². The first kappa shape index (κ1) is 17.3. The Morgan fingerprint density at radius 2 is 2.16 bits per heavy atom. The monoisotopic (exact) mass is 361 g/mol. The number of carbonyl (C=O) groups is 1. The van der Waals surface area contributed by atoms with Gasteiger partial charge in [0.25, 0.3) is 5.91 Å². The first-order valence-electron chi connectivity index (χ1n) is 7.89. The first-order chi connectivity index (χ1) is 11.9. The lowest BCUT2D eigenvalue weighted by molar-refractivity contribution is 0.0945. The molecule has 2 aromatic heterocycles. The highest BCUT2D eigenvalue weighted by molar-refractivity contribution is 7.91. The van der Waals surface area contributed by atoms with Crippen molar-refractivity contribution in [3.05, 3.63) is 47.9 Å². The zero-order valence-corrected chi connectivity index (χ0v) is 14.6. The van der Waals surface area contributed by atoms with Gasteiger partial charge in [-0.15, -0.1) is 10.2 Å². The lowest BCUT2D eigenvalue weighted by Gasteiger charge is -2.23. The third-order valence-electron chi connectivity index (χ3n) is 4.18. The van der Waals surface area contributed by atoms with Crippen LogP contribution in [0.2, 0.25) is 0 Å². The second-order valence-corrected chi connectivity index (χ2v) is 8.22. The van der Waals surface area contributed by atoms with Gasteiger partial charge in [0.2, 0.25) is 0 Å². The number of rotatable bonds is 5. The first-order valence-corrected chi connectivity index (χ1v) is 9.71. The van der Waals surface area contributed by atoms with Gasteiger partial charge in [-0.25, -0.2) is 8.42 Å². The fourth-order valence-electron chi connectivity index (χ4n) is 2.68. The van der Waals surface area contributed by atoms with Crippen molar-refractivity contribution in [1.29, 1.82) is 0 Å². The number of hydrogen-bond acceptors (Lipinski definition) is 7. The maximum atomic E-state index is 12.1. The molecule has 0 saturated carbocycles. The Kier molecular flexibility index (Phi) is 4.93. The Bertz CT molecular complexity index is 840. The summed E-state index contributed by atoms with van der Waals surface area (Å²) in [6.07, 6.45) is 3.93. The predicted molar refractivity (Wildman–Crippen MR) is 92.9 cm³/mol. The minimum absolute atomic E-state index is 0.107. The zero-order valence-electron chi connectivity index (χ0n) is 13.8. The van der Waals surface area contributed by atoms with Crippen LogP contribution >= 0.6 is 0 Å². The van der Waals surface area contributed by atoms with E-state index < -0.39 is 9.84 Å². The van der Waals surface area contributed by atoms with Crippen LogP contribution in [0.15, 0.2) is 36.7 Å². The molecule has 0 aromatic carbocycles. The molecule has 1 saturated heterocycles. The Morgan fingerprint density at radius 1 is 1.32 bits per heavy atom. The molecule has 2 aromatic rings. The van der Waals surface area contributed by atoms with Gasteiger partial charge in [0.05, 0.1) is 11.5 Å². The molecule has 1 aliphatic heterocycles. The summed E-state index contributed by atoms with van der Waals surface area (Å²) >= 11 is 0. The zero-order chi connectivity index (χ0) is 17.9. The van der Waals surface area contributed by atoms with Gasteiger partial charge in [-0.3, -0.25) is 9.78 Å². The lowest BCUT2D eigenvalue weighted by atomic mass is 10.2. The van der Waals surface area contributed by atoms with E-state index >= 15 is 0 Å². The molecule has 0 radical (unpaired) electrons. The minimum atomic E-state index is -2.96. The van der Waals surface area contributed by atoms with Crippen LogP contribution in [0.5, 0.6) is 0 Å². The van der Waals surface area contributed by atoms with Gasteiger partial charge < -0.3 is 10.2 Å². The third kappa shape index (κ3) is 4.30. The molecule has 3 rings (SSSR count). The second-order valence-electron chi connectivity index (χ2n) is 5.99. The topological polar surface area (TPSA) is 105 Å². The van der Waals surface area contributed by atoms with Crippen LogP contribution in [0.3, 0.4) is 0 Å². The third-order valence-corrected chi connectivity index (χ3v) is 5.93. The molecular weight excluding hydrogens is 342 g/mol. The summed E-state index contributed by atoms with van der Waals surface area (Å²) in [6.45, 7) is 0.357. The van der Waals surface area contributed by atoms with Crippen molar-refractivity contribution in [2.24, 2.45) is 0 Å². The fraction of sp³-hybridized carbons (Fsp3) is 0.375. The summed E-state index contributed by atoms with van der Waals surface area (Å²) in [5.41, 5.74) is 1.10. The van der Waals surface area contributed by atoms with Crippen LogP contribution in [0.4, 0.5) is 5.82 Å². The molecule has 1 fully saturated rings. The Hall–Kier alpha value is -2.55. The number of hydrogen-bond donors (Lipinski definition) is 1. The van der Waals surface area contributed by atoms with Crippen molar-refractivity contribution in [1.82, 2.24) is 20.5 Å². The molecule has 0 aliphatic carbocycles. The highest BCUT2D eigenvalue weighted by atomic mass is 32.2. The van der Waals surface area contributed by atoms with Gasteiger partial charge in [0.15, 0.2) is 21.3 Å². The van der Waals surface area contributed by atoms with E-state index in [-0.39, 0.29) is 29.1 Å². The molecule has 1 amide bonds. The van der Waals surface area contributed by atoms with E-state index in [2.05, 4.69) is 20.5 Å². The molecule has 1 aliphatic rings. The van der Waals surface area contributed by atoms with Crippen LogP contribution in [-0.4, -0.2) is 54.1 Å². The highest BCUT2D eigenvalue weighted by Crippen LogP contribution is 2.20. The Labute approximate surface area is 146 Å². The molecule has 25 heavy (non-hydrogen) atoms. The van der Waals surface area contributed by atoms with Gasteiger partial charge in [-0.2, -0.15) is 0 Å². The lowest BCUT2D eigenvalue weighted by Crippen LogP contribution is -2.33. The van der Waals surface area contributed by atoms with Crippen LogP contribution in [0, 0.1) is 0 Å². The Balaban J connectivity index is 1.60. The standard InChI is InChI=1S/C16H19N5O3S/c1-21(13-6-8-25(23,24)11-13)15-5-4-14(19-20-15)16(22)18-10-12-3-2-7-17-9-12/h2-5,7,9,13H,6,8,10-11H2,1H3,(H,18,22). The molecule has 9 heteroatoms. The van der Waals surface area contributed by atoms with E-state index in [1.807, 2.05) is 6.07 Å². The molecule has 0 bridgehead atoms. The van der Waals surface area contributed by atoms with Gasteiger partial charge in [0, 0.05) is 32.0 Å². The smallest absolute Gasteiger partial charge is 0.272 e. The molecule has 3 heterocycles. The van der Waals surface area contributed by atoms with Gasteiger partial charge in [0.1, 0.15) is 0 Å². The summed E-state index contributed by atoms with van der Waals surface area (Å²) in [5, 5.41) is 10.8. The number of aromatic nitrogens is 3. The molecule has 8 nitrogen and oxygen atoms in total. The van der Waals surface area contributed by atoms with Crippen LogP contribution in [0.25, 0.3) is 0 Å². The number of nitrogens with one attached hydrogen (secondary N) is 1. The number of sulfone groups is 1. The van der Waals surface area contributed by atoms with Crippen LogP contribution in [-0.2, 0) is 16.4 Å². The predicted octanol–water partition coefficient (Wildman–Crippen LogP) is 0.425. The largest absolute Gasteiger partial charge is 0.354 e. The summed E-state index contributed by atoms with van der Waals surface area (Å²) in [6, 6.07) is 6.82. The maximum absolute atomic E-state index is 12.1. The molecular formula is C16H19N5O3S. The highest BCUT2D eigenvalue weighted by Gasteiger charge is 2.31. The number of anilines is 1. The van der Waals surface area contributed by atoms with Crippen molar-refractivity contribution in [3.63, 3.8) is 0 Å². The van der Waals surface area contributed by atoms with E-state index in [0.717, 1.165) is 5.56 Å². The van der Waals surface area contributed by atoms with Crippen molar-refractivity contribution < 1.29 is 13.2 Å². The molecule has 0 spiro atoms. The number of nitrogens with zero attached hydrogens (tertiary/aromatic N) is 4. The number of pyridine rings is 1. The number of amides is 1.